The van der Waals surface area contributed by atoms with Gasteiger partial charge in [-0.05, 0) is 31.6 Å². The number of ether oxygens (including phenoxy) is 2. The highest BCUT2D eigenvalue weighted by Crippen LogP contribution is 2.54. The lowest BCUT2D eigenvalue weighted by molar-refractivity contribution is -0.330. The molecule has 3 rings (SSSR count). The lowest BCUT2D eigenvalue weighted by Crippen LogP contribution is -2.64. The van der Waals surface area contributed by atoms with E-state index in [1.165, 1.54) is 0 Å². The van der Waals surface area contributed by atoms with Gasteiger partial charge in [-0.1, -0.05) is 32.4 Å². The van der Waals surface area contributed by atoms with Crippen molar-refractivity contribution in [2.75, 3.05) is 6.61 Å². The Labute approximate surface area is 171 Å². The van der Waals surface area contributed by atoms with E-state index in [1.807, 2.05) is 33.8 Å². The Hall–Kier alpha value is -0.580. The van der Waals surface area contributed by atoms with Gasteiger partial charge in [0.05, 0.1) is 24.9 Å². The molecule has 0 unspecified atom stereocenters. The van der Waals surface area contributed by atoms with Crippen molar-refractivity contribution in [3.8, 4) is 0 Å². The Morgan fingerprint density at radius 3 is 2.34 bits per heavy atom. The second-order valence-electron chi connectivity index (χ2n) is 9.50. The molecule has 168 valence electrons. The van der Waals surface area contributed by atoms with Gasteiger partial charge >= 0.3 is 0 Å². The molecule has 29 heavy (non-hydrogen) atoms. The summed E-state index contributed by atoms with van der Waals surface area (Å²) < 4.78 is 11.8. The van der Waals surface area contributed by atoms with Gasteiger partial charge in [-0.2, -0.15) is 0 Å². The molecule has 0 aromatic rings. The van der Waals surface area contributed by atoms with Gasteiger partial charge in [0, 0.05) is 11.3 Å². The maximum Gasteiger partial charge on any atom is 0.187 e. The average Bonchev–Trinajstić information content (AvgIpc) is 2.67. The van der Waals surface area contributed by atoms with Gasteiger partial charge in [0.2, 0.25) is 0 Å². The van der Waals surface area contributed by atoms with Gasteiger partial charge in [0.25, 0.3) is 0 Å². The minimum Gasteiger partial charge on any atom is -0.394 e. The molecule has 1 saturated carbocycles. The van der Waals surface area contributed by atoms with E-state index in [0.29, 0.717) is 12.8 Å². The number of hydrogen-bond acceptors (Lipinski definition) is 8. The fraction of sp³-hybridized carbons (Fsp3) is 0.905. The molecule has 1 heterocycles. The minimum atomic E-state index is -1.52. The van der Waals surface area contributed by atoms with Crippen molar-refractivity contribution in [2.45, 2.75) is 89.6 Å². The first kappa shape index (κ1) is 23.1. The Kier molecular flexibility index (Phi) is 6.78. The van der Waals surface area contributed by atoms with E-state index in [1.54, 1.807) is 0 Å². The standard InChI is InChI=1S/C21H36O8/c1-9(2)11-7-14(24)21(4)13(23)6-5-10(3)15(21)19(11)29-20-18(27)17(26)16(25)12(8-22)28-20/h5,9,11-20,22-27H,6-8H2,1-4H3/t11-,12+,13-,14-,15-,16+,17-,18+,19+,20-,21-/m0/s1. The summed E-state index contributed by atoms with van der Waals surface area (Å²) in [6.45, 7) is 7.35. The third-order valence-electron chi connectivity index (χ3n) is 7.50. The molecule has 3 aliphatic rings. The first-order valence-corrected chi connectivity index (χ1v) is 10.5. The van der Waals surface area contributed by atoms with Crippen molar-refractivity contribution < 1.29 is 40.1 Å². The molecular formula is C21H36O8. The SMILES string of the molecule is CC1=CC[C@H](O)[C@@]2(C)[C@@H](O)C[C@@H](C(C)C)[C@@H](O[C@@H]3O[C@H](CO)[C@@H](O)[C@H](O)[C@H]3O)[C@H]12. The Morgan fingerprint density at radius 1 is 1.10 bits per heavy atom. The van der Waals surface area contributed by atoms with Crippen LogP contribution >= 0.6 is 0 Å². The van der Waals surface area contributed by atoms with Gasteiger partial charge < -0.3 is 40.1 Å². The second-order valence-corrected chi connectivity index (χ2v) is 9.50. The van der Waals surface area contributed by atoms with E-state index in [9.17, 15) is 30.6 Å². The van der Waals surface area contributed by atoms with Crippen LogP contribution in [0.25, 0.3) is 0 Å². The number of fused-ring (bicyclic) bond motifs is 1. The number of aliphatic hydroxyl groups excluding tert-OH is 6. The van der Waals surface area contributed by atoms with Crippen LogP contribution < -0.4 is 0 Å². The summed E-state index contributed by atoms with van der Waals surface area (Å²) in [7, 11) is 0. The molecule has 0 amide bonds. The van der Waals surface area contributed by atoms with Crippen LogP contribution in [0.4, 0.5) is 0 Å². The molecule has 6 N–H and O–H groups in total. The van der Waals surface area contributed by atoms with Crippen molar-refractivity contribution in [2.24, 2.45) is 23.2 Å². The van der Waals surface area contributed by atoms with Crippen LogP contribution in [-0.4, -0.2) is 86.3 Å². The zero-order chi connectivity index (χ0) is 21.7. The predicted molar refractivity (Wildman–Crippen MR) is 104 cm³/mol. The Morgan fingerprint density at radius 2 is 1.76 bits per heavy atom. The van der Waals surface area contributed by atoms with Gasteiger partial charge in [-0.25, -0.2) is 0 Å². The first-order chi connectivity index (χ1) is 13.5. The van der Waals surface area contributed by atoms with Crippen molar-refractivity contribution in [1.29, 1.82) is 0 Å². The zero-order valence-electron chi connectivity index (χ0n) is 17.5. The molecular weight excluding hydrogens is 380 g/mol. The minimum absolute atomic E-state index is 0.0795. The highest BCUT2D eigenvalue weighted by molar-refractivity contribution is 5.22. The molecule has 2 fully saturated rings. The molecule has 0 radical (unpaired) electrons. The molecule has 11 atom stereocenters. The molecule has 1 aliphatic heterocycles. The van der Waals surface area contributed by atoms with E-state index in [-0.39, 0.29) is 17.8 Å². The summed E-state index contributed by atoms with van der Waals surface area (Å²) in [5.74, 6) is -0.241. The molecule has 8 heteroatoms. The molecule has 0 aromatic carbocycles. The van der Waals surface area contributed by atoms with E-state index in [4.69, 9.17) is 9.47 Å². The topological polar surface area (TPSA) is 140 Å². The molecule has 0 aromatic heterocycles. The quantitative estimate of drug-likeness (QED) is 0.339. The van der Waals surface area contributed by atoms with Gasteiger partial charge in [-0.3, -0.25) is 0 Å². The van der Waals surface area contributed by atoms with Crippen LogP contribution in [0.3, 0.4) is 0 Å². The van der Waals surface area contributed by atoms with E-state index in [2.05, 4.69) is 0 Å². The van der Waals surface area contributed by atoms with Crippen molar-refractivity contribution in [3.05, 3.63) is 11.6 Å². The van der Waals surface area contributed by atoms with Crippen molar-refractivity contribution >= 4 is 0 Å². The van der Waals surface area contributed by atoms with Crippen LogP contribution in [0, 0.1) is 23.2 Å². The number of aliphatic hydroxyl groups is 6. The molecule has 0 bridgehead atoms. The van der Waals surface area contributed by atoms with Crippen LogP contribution in [-0.2, 0) is 9.47 Å². The fourth-order valence-corrected chi connectivity index (χ4v) is 5.48. The van der Waals surface area contributed by atoms with E-state index >= 15 is 0 Å². The van der Waals surface area contributed by atoms with Crippen molar-refractivity contribution in [3.63, 3.8) is 0 Å². The smallest absolute Gasteiger partial charge is 0.187 e. The summed E-state index contributed by atoms with van der Waals surface area (Å²) >= 11 is 0. The number of rotatable bonds is 4. The van der Waals surface area contributed by atoms with E-state index in [0.717, 1.165) is 5.57 Å². The third-order valence-corrected chi connectivity index (χ3v) is 7.50. The Balaban J connectivity index is 1.95. The van der Waals surface area contributed by atoms with Gasteiger partial charge in [0.15, 0.2) is 6.29 Å². The maximum absolute atomic E-state index is 11.0. The largest absolute Gasteiger partial charge is 0.394 e. The van der Waals surface area contributed by atoms with Crippen LogP contribution in [0.15, 0.2) is 11.6 Å². The summed E-state index contributed by atoms with van der Waals surface area (Å²) in [6, 6.07) is 0. The van der Waals surface area contributed by atoms with E-state index < -0.39 is 61.0 Å². The Bertz CT molecular complexity index is 607. The summed E-state index contributed by atoms with van der Waals surface area (Å²) in [6.07, 6.45) is -5.86. The third kappa shape index (κ3) is 3.78. The summed E-state index contributed by atoms with van der Waals surface area (Å²) in [4.78, 5) is 0. The molecule has 0 spiro atoms. The lowest BCUT2D eigenvalue weighted by Gasteiger charge is -2.57. The van der Waals surface area contributed by atoms with Crippen LogP contribution in [0.2, 0.25) is 0 Å². The van der Waals surface area contributed by atoms with Crippen LogP contribution in [0.5, 0.6) is 0 Å². The monoisotopic (exact) mass is 416 g/mol. The highest BCUT2D eigenvalue weighted by Gasteiger charge is 2.59. The second kappa shape index (κ2) is 8.51. The maximum atomic E-state index is 11.0. The predicted octanol–water partition coefficient (Wildman–Crippen LogP) is -0.458. The van der Waals surface area contributed by atoms with Crippen molar-refractivity contribution in [1.82, 2.24) is 0 Å². The fourth-order valence-electron chi connectivity index (χ4n) is 5.48. The summed E-state index contributed by atoms with van der Waals surface area (Å²) in [5, 5.41) is 61.8. The number of hydrogen-bond donors (Lipinski definition) is 6. The lowest BCUT2D eigenvalue weighted by atomic mass is 9.53. The first-order valence-electron chi connectivity index (χ1n) is 10.5. The van der Waals surface area contributed by atoms with Gasteiger partial charge in [0.1, 0.15) is 24.4 Å². The van der Waals surface area contributed by atoms with Crippen LogP contribution in [0.1, 0.15) is 40.5 Å². The molecule has 8 nitrogen and oxygen atoms in total. The normalized spacial score (nSPS) is 50.9. The zero-order valence-corrected chi connectivity index (χ0v) is 17.5. The van der Waals surface area contributed by atoms with Gasteiger partial charge in [-0.15, -0.1) is 0 Å². The average molecular weight is 417 g/mol. The molecule has 2 aliphatic carbocycles. The summed E-state index contributed by atoms with van der Waals surface area (Å²) in [5.41, 5.74) is 0.181. The molecule has 1 saturated heterocycles. The highest BCUT2D eigenvalue weighted by atomic mass is 16.7.